The highest BCUT2D eigenvalue weighted by atomic mass is 19.4. The number of halogens is 3. The zero-order valence-corrected chi connectivity index (χ0v) is 9.83. The molecule has 17 heavy (non-hydrogen) atoms. The predicted octanol–water partition coefficient (Wildman–Crippen LogP) is 1.45. The maximum atomic E-state index is 10.6. The molecule has 1 unspecified atom stereocenters. The highest BCUT2D eigenvalue weighted by molar-refractivity contribution is 5.73. The molecular weight excluding hydrogens is 237 g/mol. The molecule has 4 nitrogen and oxygen atoms in total. The van der Waals surface area contributed by atoms with Crippen molar-refractivity contribution in [1.82, 2.24) is 4.90 Å². The lowest BCUT2D eigenvalue weighted by atomic mass is 10.3. The van der Waals surface area contributed by atoms with Crippen LogP contribution in [0.5, 0.6) is 0 Å². The van der Waals surface area contributed by atoms with Crippen LogP contribution in [0, 0.1) is 0 Å². The van der Waals surface area contributed by atoms with E-state index in [1.807, 2.05) is 0 Å². The van der Waals surface area contributed by atoms with Crippen LogP contribution in [-0.2, 0) is 4.79 Å². The molecule has 0 aromatic carbocycles. The summed E-state index contributed by atoms with van der Waals surface area (Å²) in [5, 5.41) is 7.12. The summed E-state index contributed by atoms with van der Waals surface area (Å²) in [6.45, 7) is 5.83. The minimum Gasteiger partial charge on any atom is -0.475 e. The van der Waals surface area contributed by atoms with Gasteiger partial charge in [0.2, 0.25) is 0 Å². The van der Waals surface area contributed by atoms with Gasteiger partial charge in [-0.1, -0.05) is 13.3 Å². The van der Waals surface area contributed by atoms with E-state index in [9.17, 15) is 13.2 Å². The molecular formula is C10H19F3N2O2. The van der Waals surface area contributed by atoms with Crippen molar-refractivity contribution in [3.63, 3.8) is 0 Å². The molecule has 0 aliphatic carbocycles. The van der Waals surface area contributed by atoms with E-state index in [0.717, 1.165) is 6.54 Å². The van der Waals surface area contributed by atoms with Crippen LogP contribution >= 0.6 is 0 Å². The highest BCUT2D eigenvalue weighted by Crippen LogP contribution is 2.13. The number of alkyl halides is 3. The van der Waals surface area contributed by atoms with E-state index in [1.54, 1.807) is 0 Å². The van der Waals surface area contributed by atoms with Crippen molar-refractivity contribution >= 4 is 5.97 Å². The number of unbranched alkanes of at least 4 members (excludes halogenated alkanes) is 1. The molecule has 0 bridgehead atoms. The fraction of sp³-hybridized carbons (Fsp3) is 0.900. The summed E-state index contributed by atoms with van der Waals surface area (Å²) in [5.74, 6) is -2.76. The van der Waals surface area contributed by atoms with Crippen molar-refractivity contribution in [2.24, 2.45) is 5.73 Å². The molecule has 0 saturated carbocycles. The smallest absolute Gasteiger partial charge is 0.475 e. The summed E-state index contributed by atoms with van der Waals surface area (Å²) in [6, 6.07) is 0.455. The second kappa shape index (κ2) is 7.50. The molecule has 0 amide bonds. The van der Waals surface area contributed by atoms with E-state index in [1.165, 1.54) is 32.4 Å². The van der Waals surface area contributed by atoms with Gasteiger partial charge in [0.15, 0.2) is 0 Å². The molecule has 1 aliphatic heterocycles. The van der Waals surface area contributed by atoms with Gasteiger partial charge in [-0.3, -0.25) is 0 Å². The molecule has 0 spiro atoms. The van der Waals surface area contributed by atoms with E-state index < -0.39 is 12.1 Å². The van der Waals surface area contributed by atoms with Crippen LogP contribution in [0.15, 0.2) is 0 Å². The Hall–Kier alpha value is -0.820. The second-order valence-corrected chi connectivity index (χ2v) is 4.01. The van der Waals surface area contributed by atoms with Gasteiger partial charge in [-0.15, -0.1) is 0 Å². The van der Waals surface area contributed by atoms with Gasteiger partial charge in [0.25, 0.3) is 0 Å². The van der Waals surface area contributed by atoms with Gasteiger partial charge < -0.3 is 15.7 Å². The Morgan fingerprint density at radius 2 is 2.06 bits per heavy atom. The Labute approximate surface area is 98.6 Å². The van der Waals surface area contributed by atoms with Gasteiger partial charge in [-0.25, -0.2) is 4.79 Å². The van der Waals surface area contributed by atoms with Gasteiger partial charge in [-0.2, -0.15) is 13.2 Å². The molecule has 0 aromatic rings. The Morgan fingerprint density at radius 1 is 1.53 bits per heavy atom. The maximum absolute atomic E-state index is 10.6. The molecule has 0 aromatic heterocycles. The molecule has 1 fully saturated rings. The number of nitrogens with zero attached hydrogens (tertiary/aromatic N) is 1. The summed E-state index contributed by atoms with van der Waals surface area (Å²) >= 11 is 0. The van der Waals surface area contributed by atoms with Crippen LogP contribution in [0.4, 0.5) is 13.2 Å². The largest absolute Gasteiger partial charge is 0.490 e. The molecule has 1 aliphatic rings. The summed E-state index contributed by atoms with van der Waals surface area (Å²) < 4.78 is 31.7. The van der Waals surface area contributed by atoms with Crippen LogP contribution in [0.25, 0.3) is 0 Å². The van der Waals surface area contributed by atoms with Crippen molar-refractivity contribution in [3.05, 3.63) is 0 Å². The van der Waals surface area contributed by atoms with E-state index in [0.29, 0.717) is 6.04 Å². The lowest BCUT2D eigenvalue weighted by Gasteiger charge is -2.13. The summed E-state index contributed by atoms with van der Waals surface area (Å²) in [4.78, 5) is 11.4. The molecule has 3 N–H and O–H groups in total. The highest BCUT2D eigenvalue weighted by Gasteiger charge is 2.38. The van der Waals surface area contributed by atoms with Crippen LogP contribution in [0.3, 0.4) is 0 Å². The molecule has 1 atom stereocenters. The third kappa shape index (κ3) is 7.98. The number of carboxylic acid groups (broad SMARTS) is 1. The number of carbonyl (C=O) groups is 1. The standard InChI is InChI=1S/C8H18N2.C2HF3O2/c1-2-3-5-10-6-4-8(9)7-10;3-2(4,5)1(6)7/h8H,2-7,9H2,1H3;(H,6,7). The van der Waals surface area contributed by atoms with E-state index >= 15 is 0 Å². The lowest BCUT2D eigenvalue weighted by Crippen LogP contribution is -2.27. The summed E-state index contributed by atoms with van der Waals surface area (Å²) in [6.07, 6.45) is -1.26. The number of carboxylic acids is 1. The molecule has 7 heteroatoms. The topological polar surface area (TPSA) is 66.6 Å². The van der Waals surface area contributed by atoms with Crippen molar-refractivity contribution in [2.75, 3.05) is 19.6 Å². The van der Waals surface area contributed by atoms with E-state index in [2.05, 4.69) is 11.8 Å². The first-order valence-corrected chi connectivity index (χ1v) is 5.55. The van der Waals surface area contributed by atoms with Crippen molar-refractivity contribution in [3.8, 4) is 0 Å². The number of rotatable bonds is 3. The minimum atomic E-state index is -5.08. The quantitative estimate of drug-likeness (QED) is 0.802. The lowest BCUT2D eigenvalue weighted by molar-refractivity contribution is -0.192. The SMILES string of the molecule is CCCCN1CCC(N)C1.O=C(O)C(F)(F)F. The molecule has 1 rings (SSSR count). The Balaban J connectivity index is 0.000000325. The maximum Gasteiger partial charge on any atom is 0.490 e. The summed E-state index contributed by atoms with van der Waals surface area (Å²) in [5.41, 5.74) is 5.76. The van der Waals surface area contributed by atoms with Crippen LogP contribution < -0.4 is 5.73 Å². The average molecular weight is 256 g/mol. The van der Waals surface area contributed by atoms with Crippen LogP contribution in [-0.4, -0.2) is 47.8 Å². The molecule has 0 radical (unpaired) electrons. The zero-order valence-electron chi connectivity index (χ0n) is 9.83. The molecule has 1 heterocycles. The fourth-order valence-electron chi connectivity index (χ4n) is 1.45. The van der Waals surface area contributed by atoms with Crippen LogP contribution in [0.1, 0.15) is 26.2 Å². The first-order valence-electron chi connectivity index (χ1n) is 5.55. The van der Waals surface area contributed by atoms with Crippen molar-refractivity contribution in [2.45, 2.75) is 38.4 Å². The first kappa shape index (κ1) is 16.2. The van der Waals surface area contributed by atoms with E-state index in [-0.39, 0.29) is 0 Å². The second-order valence-electron chi connectivity index (χ2n) is 4.01. The Kier molecular flexibility index (Phi) is 7.13. The third-order valence-corrected chi connectivity index (χ3v) is 2.38. The number of hydrogen-bond acceptors (Lipinski definition) is 3. The molecule has 1 saturated heterocycles. The van der Waals surface area contributed by atoms with Gasteiger partial charge in [0, 0.05) is 12.6 Å². The van der Waals surface area contributed by atoms with Crippen LogP contribution in [0.2, 0.25) is 0 Å². The minimum absolute atomic E-state index is 0.455. The van der Waals surface area contributed by atoms with Crippen molar-refractivity contribution in [1.29, 1.82) is 0 Å². The Morgan fingerprint density at radius 3 is 2.35 bits per heavy atom. The van der Waals surface area contributed by atoms with Gasteiger partial charge in [0.1, 0.15) is 0 Å². The molecule has 102 valence electrons. The third-order valence-electron chi connectivity index (χ3n) is 2.38. The van der Waals surface area contributed by atoms with Gasteiger partial charge >= 0.3 is 12.1 Å². The number of nitrogens with two attached hydrogens (primary N) is 1. The average Bonchev–Trinajstić information content (AvgIpc) is 2.60. The fourth-order valence-corrected chi connectivity index (χ4v) is 1.45. The predicted molar refractivity (Wildman–Crippen MR) is 57.6 cm³/mol. The van der Waals surface area contributed by atoms with E-state index in [4.69, 9.17) is 15.6 Å². The first-order chi connectivity index (χ1) is 7.77. The number of hydrogen-bond donors (Lipinski definition) is 2. The van der Waals surface area contributed by atoms with Crippen molar-refractivity contribution < 1.29 is 23.1 Å². The Bertz CT molecular complexity index is 234. The van der Waals surface area contributed by atoms with Gasteiger partial charge in [-0.05, 0) is 25.9 Å². The normalized spacial score (nSPS) is 20.9. The zero-order chi connectivity index (χ0) is 13.5. The summed E-state index contributed by atoms with van der Waals surface area (Å²) in [7, 11) is 0. The number of likely N-dealkylation sites (tertiary alicyclic amines) is 1. The van der Waals surface area contributed by atoms with Gasteiger partial charge in [0.05, 0.1) is 0 Å². The monoisotopic (exact) mass is 256 g/mol. The number of aliphatic carboxylic acids is 1.